The van der Waals surface area contributed by atoms with Gasteiger partial charge in [0.25, 0.3) is 0 Å². The smallest absolute Gasteiger partial charge is 0.337 e. The molecular formula is C8H11N3O2. The van der Waals surface area contributed by atoms with Crippen molar-refractivity contribution in [2.45, 2.75) is 0 Å². The first-order chi connectivity index (χ1) is 6.09. The van der Waals surface area contributed by atoms with Crippen molar-refractivity contribution in [1.82, 2.24) is 9.99 Å². The molecule has 0 unspecified atom stereocenters. The predicted octanol–water partition coefficient (Wildman–Crippen LogP) is 0.668. The number of carboxylic acids is 1. The number of rotatable bonds is 3. The lowest BCUT2D eigenvalue weighted by Gasteiger charge is -2.11. The van der Waals surface area contributed by atoms with Crippen LogP contribution in [0.5, 0.6) is 0 Å². The van der Waals surface area contributed by atoms with Gasteiger partial charge < -0.3 is 10.5 Å². The average molecular weight is 181 g/mol. The molecule has 0 aliphatic heterocycles. The number of anilines is 1. The maximum atomic E-state index is 10.5. The molecule has 5 heteroatoms. The number of hydrogen-bond acceptors (Lipinski definition) is 4. The largest absolute Gasteiger partial charge is 0.478 e. The number of aromatic nitrogens is 1. The number of aromatic carboxylic acids is 1. The van der Waals surface area contributed by atoms with Gasteiger partial charge in [0.15, 0.2) is 0 Å². The minimum Gasteiger partial charge on any atom is -0.478 e. The highest BCUT2D eigenvalue weighted by molar-refractivity contribution is 5.87. The molecule has 1 rings (SSSR count). The molecule has 0 fully saturated rings. The topological polar surface area (TPSA) is 65.5 Å². The summed E-state index contributed by atoms with van der Waals surface area (Å²) in [6.07, 6.45) is 1.31. The third-order valence-corrected chi connectivity index (χ3v) is 1.35. The van der Waals surface area contributed by atoms with Crippen molar-refractivity contribution in [2.75, 3.05) is 19.5 Å². The molecule has 0 saturated carbocycles. The van der Waals surface area contributed by atoms with E-state index >= 15 is 0 Å². The molecule has 0 atom stereocenters. The number of carbonyl (C=O) groups is 1. The van der Waals surface area contributed by atoms with Crippen molar-refractivity contribution >= 4 is 11.8 Å². The summed E-state index contributed by atoms with van der Waals surface area (Å²) < 4.78 is 0. The van der Waals surface area contributed by atoms with E-state index in [0.29, 0.717) is 5.82 Å². The Bertz CT molecular complexity index is 295. The summed E-state index contributed by atoms with van der Waals surface area (Å²) in [5.74, 6) is -0.348. The summed E-state index contributed by atoms with van der Waals surface area (Å²) in [5.41, 5.74) is 3.08. The van der Waals surface area contributed by atoms with Gasteiger partial charge in [-0.1, -0.05) is 0 Å². The number of hydrazine groups is 1. The molecule has 1 heterocycles. The second-order valence-electron chi connectivity index (χ2n) is 2.74. The van der Waals surface area contributed by atoms with Gasteiger partial charge in [-0.3, -0.25) is 0 Å². The molecular weight excluding hydrogens is 170 g/mol. The molecule has 0 radical (unpaired) electrons. The van der Waals surface area contributed by atoms with Crippen LogP contribution in [0.2, 0.25) is 0 Å². The van der Waals surface area contributed by atoms with E-state index in [0.717, 1.165) is 0 Å². The number of pyridine rings is 1. The van der Waals surface area contributed by atoms with E-state index in [1.165, 1.54) is 12.3 Å². The SMILES string of the molecule is CN(C)Nc1ccc(C(=O)O)cn1. The quantitative estimate of drug-likeness (QED) is 0.671. The summed E-state index contributed by atoms with van der Waals surface area (Å²) in [6, 6.07) is 3.12. The maximum Gasteiger partial charge on any atom is 0.337 e. The van der Waals surface area contributed by atoms with E-state index in [9.17, 15) is 4.79 Å². The van der Waals surface area contributed by atoms with Crippen molar-refractivity contribution in [3.63, 3.8) is 0 Å². The van der Waals surface area contributed by atoms with Crippen molar-refractivity contribution in [1.29, 1.82) is 0 Å². The van der Waals surface area contributed by atoms with E-state index in [1.807, 2.05) is 14.1 Å². The summed E-state index contributed by atoms with van der Waals surface area (Å²) in [7, 11) is 3.65. The molecule has 0 spiro atoms. The Morgan fingerprint density at radius 1 is 1.54 bits per heavy atom. The fourth-order valence-corrected chi connectivity index (χ4v) is 0.816. The highest BCUT2D eigenvalue weighted by atomic mass is 16.4. The van der Waals surface area contributed by atoms with Crippen molar-refractivity contribution in [3.05, 3.63) is 23.9 Å². The van der Waals surface area contributed by atoms with Crippen LogP contribution in [0.15, 0.2) is 18.3 Å². The fourth-order valence-electron chi connectivity index (χ4n) is 0.816. The average Bonchev–Trinajstić information content (AvgIpc) is 2.04. The zero-order chi connectivity index (χ0) is 9.84. The van der Waals surface area contributed by atoms with Gasteiger partial charge in [0.05, 0.1) is 5.56 Å². The first-order valence-corrected chi connectivity index (χ1v) is 3.73. The Kier molecular flexibility index (Phi) is 2.81. The second kappa shape index (κ2) is 3.86. The third kappa shape index (κ3) is 2.72. The van der Waals surface area contributed by atoms with Gasteiger partial charge in [0.2, 0.25) is 0 Å². The molecule has 0 saturated heterocycles. The lowest BCUT2D eigenvalue weighted by atomic mass is 10.3. The molecule has 0 aromatic carbocycles. The van der Waals surface area contributed by atoms with Crippen LogP contribution in [-0.2, 0) is 0 Å². The minimum absolute atomic E-state index is 0.185. The monoisotopic (exact) mass is 181 g/mol. The molecule has 5 nitrogen and oxygen atoms in total. The van der Waals surface area contributed by atoms with Crippen molar-refractivity contribution in [2.24, 2.45) is 0 Å². The molecule has 0 bridgehead atoms. The number of carboxylic acid groups (broad SMARTS) is 1. The summed E-state index contributed by atoms with van der Waals surface area (Å²) in [4.78, 5) is 14.4. The van der Waals surface area contributed by atoms with Crippen LogP contribution in [0.3, 0.4) is 0 Å². The van der Waals surface area contributed by atoms with Crippen LogP contribution in [0.1, 0.15) is 10.4 Å². The summed E-state index contributed by atoms with van der Waals surface area (Å²) >= 11 is 0. The standard InChI is InChI=1S/C8H11N3O2/c1-11(2)10-7-4-3-6(5-9-7)8(12)13/h3-5H,1-2H3,(H,9,10)(H,12,13). The molecule has 13 heavy (non-hydrogen) atoms. The minimum atomic E-state index is -0.969. The van der Waals surface area contributed by atoms with Crippen LogP contribution >= 0.6 is 0 Å². The Labute approximate surface area is 76.0 Å². The van der Waals surface area contributed by atoms with Gasteiger partial charge in [0, 0.05) is 20.3 Å². The Balaban J connectivity index is 2.75. The lowest BCUT2D eigenvalue weighted by molar-refractivity contribution is 0.0696. The zero-order valence-corrected chi connectivity index (χ0v) is 7.48. The second-order valence-corrected chi connectivity index (χ2v) is 2.74. The van der Waals surface area contributed by atoms with Crippen molar-refractivity contribution in [3.8, 4) is 0 Å². The van der Waals surface area contributed by atoms with E-state index in [4.69, 9.17) is 5.11 Å². The summed E-state index contributed by atoms with van der Waals surface area (Å²) in [5, 5.41) is 10.3. The lowest BCUT2D eigenvalue weighted by Crippen LogP contribution is -2.20. The van der Waals surface area contributed by atoms with Gasteiger partial charge in [0.1, 0.15) is 5.82 Å². The normalized spacial score (nSPS) is 10.1. The molecule has 70 valence electrons. The van der Waals surface area contributed by atoms with Crippen LogP contribution in [0.4, 0.5) is 5.82 Å². The third-order valence-electron chi connectivity index (χ3n) is 1.35. The van der Waals surface area contributed by atoms with Gasteiger partial charge in [-0.05, 0) is 12.1 Å². The van der Waals surface area contributed by atoms with E-state index in [1.54, 1.807) is 11.1 Å². The van der Waals surface area contributed by atoms with Crippen LogP contribution in [0.25, 0.3) is 0 Å². The fraction of sp³-hybridized carbons (Fsp3) is 0.250. The highest BCUT2D eigenvalue weighted by Gasteiger charge is 2.02. The Morgan fingerprint density at radius 2 is 2.23 bits per heavy atom. The number of nitrogens with one attached hydrogen (secondary N) is 1. The van der Waals surface area contributed by atoms with E-state index in [-0.39, 0.29) is 5.56 Å². The maximum absolute atomic E-state index is 10.5. The predicted molar refractivity (Wildman–Crippen MR) is 48.5 cm³/mol. The van der Waals surface area contributed by atoms with Crippen molar-refractivity contribution < 1.29 is 9.90 Å². The van der Waals surface area contributed by atoms with E-state index in [2.05, 4.69) is 10.4 Å². The van der Waals surface area contributed by atoms with Crippen LogP contribution < -0.4 is 5.43 Å². The Hall–Kier alpha value is -1.62. The molecule has 2 N–H and O–H groups in total. The van der Waals surface area contributed by atoms with E-state index < -0.39 is 5.97 Å². The van der Waals surface area contributed by atoms with Gasteiger partial charge in [-0.2, -0.15) is 0 Å². The molecule has 1 aromatic heterocycles. The first kappa shape index (κ1) is 9.47. The first-order valence-electron chi connectivity index (χ1n) is 3.73. The molecule has 0 aliphatic carbocycles. The van der Waals surface area contributed by atoms with Gasteiger partial charge >= 0.3 is 5.97 Å². The summed E-state index contributed by atoms with van der Waals surface area (Å²) in [6.45, 7) is 0. The van der Waals surface area contributed by atoms with Crippen LogP contribution in [0, 0.1) is 0 Å². The van der Waals surface area contributed by atoms with Crippen LogP contribution in [-0.4, -0.2) is 35.2 Å². The molecule has 0 aliphatic rings. The number of hydrogen-bond donors (Lipinski definition) is 2. The molecule has 0 amide bonds. The zero-order valence-electron chi connectivity index (χ0n) is 7.48. The Morgan fingerprint density at radius 3 is 2.62 bits per heavy atom. The number of nitrogens with zero attached hydrogens (tertiary/aromatic N) is 2. The highest BCUT2D eigenvalue weighted by Crippen LogP contribution is 2.04. The van der Waals surface area contributed by atoms with Gasteiger partial charge in [-0.15, -0.1) is 0 Å². The molecule has 1 aromatic rings. The van der Waals surface area contributed by atoms with Gasteiger partial charge in [-0.25, -0.2) is 14.8 Å².